The number of halogens is 1. The second-order valence-corrected chi connectivity index (χ2v) is 4.36. The maximum absolute atomic E-state index is 13.2. The first-order chi connectivity index (χ1) is 6.43. The van der Waals surface area contributed by atoms with E-state index in [0.717, 1.165) is 5.56 Å². The molecule has 0 saturated carbocycles. The van der Waals surface area contributed by atoms with Crippen molar-refractivity contribution < 1.29 is 9.13 Å². The zero-order valence-corrected chi connectivity index (χ0v) is 9.23. The minimum Gasteiger partial charge on any atom is -0.494 e. The third-order valence-corrected chi connectivity index (χ3v) is 2.05. The molecule has 78 valence electrons. The van der Waals surface area contributed by atoms with Crippen molar-refractivity contribution in [2.24, 2.45) is 0 Å². The Hall–Kier alpha value is -1.05. The molecule has 0 aliphatic carbocycles. The van der Waals surface area contributed by atoms with E-state index in [1.807, 2.05) is 13.0 Å². The first-order valence-electron chi connectivity index (χ1n) is 4.87. The van der Waals surface area contributed by atoms with Crippen LogP contribution in [-0.2, 0) is 5.41 Å². The Labute approximate surface area is 84.9 Å². The molecular formula is C12H17FO. The van der Waals surface area contributed by atoms with Crippen LogP contribution in [0.2, 0.25) is 0 Å². The Morgan fingerprint density at radius 1 is 1.21 bits per heavy atom. The van der Waals surface area contributed by atoms with Crippen molar-refractivity contribution in [3.8, 4) is 5.75 Å². The monoisotopic (exact) mass is 196 g/mol. The summed E-state index contributed by atoms with van der Waals surface area (Å²) in [5.41, 5.74) is 0.912. The van der Waals surface area contributed by atoms with E-state index in [0.29, 0.717) is 12.4 Å². The van der Waals surface area contributed by atoms with Crippen LogP contribution >= 0.6 is 0 Å². The zero-order chi connectivity index (χ0) is 10.8. The Bertz CT molecular complexity index is 313. The molecule has 0 N–H and O–H groups in total. The molecule has 1 aromatic carbocycles. The molecule has 2 heteroatoms. The van der Waals surface area contributed by atoms with E-state index in [2.05, 4.69) is 20.8 Å². The van der Waals surface area contributed by atoms with Crippen LogP contribution in [0.4, 0.5) is 4.39 Å². The Morgan fingerprint density at radius 3 is 2.36 bits per heavy atom. The molecule has 1 aromatic rings. The van der Waals surface area contributed by atoms with Gasteiger partial charge in [0.15, 0.2) is 0 Å². The average molecular weight is 196 g/mol. The van der Waals surface area contributed by atoms with Gasteiger partial charge in [0.25, 0.3) is 0 Å². The summed E-state index contributed by atoms with van der Waals surface area (Å²) in [7, 11) is 0. The lowest BCUT2D eigenvalue weighted by molar-refractivity contribution is 0.337. The van der Waals surface area contributed by atoms with Gasteiger partial charge in [0.1, 0.15) is 11.6 Å². The molecule has 0 unspecified atom stereocenters. The second kappa shape index (κ2) is 3.99. The number of ether oxygens (including phenoxy) is 1. The van der Waals surface area contributed by atoms with Gasteiger partial charge in [0.2, 0.25) is 0 Å². The van der Waals surface area contributed by atoms with Gasteiger partial charge >= 0.3 is 0 Å². The first kappa shape index (κ1) is 11.0. The zero-order valence-electron chi connectivity index (χ0n) is 9.23. The van der Waals surface area contributed by atoms with Crippen LogP contribution in [0.15, 0.2) is 18.2 Å². The lowest BCUT2D eigenvalue weighted by atomic mass is 9.87. The summed E-state index contributed by atoms with van der Waals surface area (Å²) in [5, 5.41) is 0. The number of hydrogen-bond donors (Lipinski definition) is 0. The molecule has 0 aliphatic rings. The minimum atomic E-state index is -0.235. The molecule has 0 spiro atoms. The molecule has 0 bridgehead atoms. The van der Waals surface area contributed by atoms with Crippen molar-refractivity contribution >= 4 is 0 Å². The van der Waals surface area contributed by atoms with Crippen molar-refractivity contribution in [3.63, 3.8) is 0 Å². The highest BCUT2D eigenvalue weighted by molar-refractivity contribution is 5.33. The Balaban J connectivity index is 3.07. The van der Waals surface area contributed by atoms with Gasteiger partial charge in [0.05, 0.1) is 6.61 Å². The summed E-state index contributed by atoms with van der Waals surface area (Å²) in [4.78, 5) is 0. The maximum atomic E-state index is 13.2. The van der Waals surface area contributed by atoms with E-state index < -0.39 is 0 Å². The van der Waals surface area contributed by atoms with E-state index in [1.54, 1.807) is 6.07 Å². The standard InChI is InChI=1S/C12H17FO/c1-5-14-11-7-9(12(2,3)4)6-10(13)8-11/h6-8H,5H2,1-4H3. The minimum absolute atomic E-state index is 0.0477. The third-order valence-electron chi connectivity index (χ3n) is 2.05. The fourth-order valence-electron chi connectivity index (χ4n) is 1.25. The quantitative estimate of drug-likeness (QED) is 0.703. The van der Waals surface area contributed by atoms with Gasteiger partial charge in [0, 0.05) is 6.07 Å². The fourth-order valence-corrected chi connectivity index (χ4v) is 1.25. The molecule has 0 heterocycles. The van der Waals surface area contributed by atoms with Gasteiger partial charge in [-0.3, -0.25) is 0 Å². The first-order valence-corrected chi connectivity index (χ1v) is 4.87. The molecule has 0 radical (unpaired) electrons. The van der Waals surface area contributed by atoms with Gasteiger partial charge in [-0.15, -0.1) is 0 Å². The molecule has 1 nitrogen and oxygen atoms in total. The fraction of sp³-hybridized carbons (Fsp3) is 0.500. The van der Waals surface area contributed by atoms with Crippen molar-refractivity contribution in [2.75, 3.05) is 6.61 Å². The number of rotatable bonds is 2. The van der Waals surface area contributed by atoms with Gasteiger partial charge in [-0.2, -0.15) is 0 Å². The molecule has 0 aliphatic heterocycles. The SMILES string of the molecule is CCOc1cc(F)cc(C(C)(C)C)c1. The van der Waals surface area contributed by atoms with Crippen LogP contribution < -0.4 is 4.74 Å². The molecule has 0 saturated heterocycles. The molecule has 0 amide bonds. The van der Waals surface area contributed by atoms with Gasteiger partial charge in [-0.1, -0.05) is 20.8 Å². The molecule has 0 atom stereocenters. The van der Waals surface area contributed by atoms with Gasteiger partial charge in [-0.25, -0.2) is 4.39 Å². The van der Waals surface area contributed by atoms with Gasteiger partial charge in [-0.05, 0) is 30.0 Å². The topological polar surface area (TPSA) is 9.23 Å². The van der Waals surface area contributed by atoms with Gasteiger partial charge < -0.3 is 4.74 Å². The molecule has 14 heavy (non-hydrogen) atoms. The van der Waals surface area contributed by atoms with Crippen molar-refractivity contribution in [1.82, 2.24) is 0 Å². The number of hydrogen-bond acceptors (Lipinski definition) is 1. The van der Waals surface area contributed by atoms with Crippen LogP contribution in [0.3, 0.4) is 0 Å². The van der Waals surface area contributed by atoms with Crippen LogP contribution in [0, 0.1) is 5.82 Å². The van der Waals surface area contributed by atoms with Crippen molar-refractivity contribution in [1.29, 1.82) is 0 Å². The molecule has 1 rings (SSSR count). The van der Waals surface area contributed by atoms with Crippen LogP contribution in [-0.4, -0.2) is 6.61 Å². The van der Waals surface area contributed by atoms with E-state index in [-0.39, 0.29) is 11.2 Å². The maximum Gasteiger partial charge on any atom is 0.127 e. The van der Waals surface area contributed by atoms with Crippen LogP contribution in [0.5, 0.6) is 5.75 Å². The largest absolute Gasteiger partial charge is 0.494 e. The average Bonchev–Trinajstić information content (AvgIpc) is 2.02. The van der Waals surface area contributed by atoms with E-state index in [4.69, 9.17) is 4.74 Å². The Kier molecular flexibility index (Phi) is 3.14. The summed E-state index contributed by atoms with van der Waals surface area (Å²) in [6.07, 6.45) is 0. The summed E-state index contributed by atoms with van der Waals surface area (Å²) in [5.74, 6) is 0.373. The predicted molar refractivity (Wildman–Crippen MR) is 56.3 cm³/mol. The predicted octanol–water partition coefficient (Wildman–Crippen LogP) is 3.52. The van der Waals surface area contributed by atoms with Crippen LogP contribution in [0.1, 0.15) is 33.3 Å². The highest BCUT2D eigenvalue weighted by atomic mass is 19.1. The van der Waals surface area contributed by atoms with E-state index >= 15 is 0 Å². The molecule has 0 aromatic heterocycles. The molecule has 0 fully saturated rings. The third kappa shape index (κ3) is 2.72. The summed E-state index contributed by atoms with van der Waals surface area (Å²) < 4.78 is 18.5. The Morgan fingerprint density at radius 2 is 1.86 bits per heavy atom. The summed E-state index contributed by atoms with van der Waals surface area (Å²) >= 11 is 0. The number of benzene rings is 1. The smallest absolute Gasteiger partial charge is 0.127 e. The second-order valence-electron chi connectivity index (χ2n) is 4.36. The lowest BCUT2D eigenvalue weighted by Crippen LogP contribution is -2.11. The summed E-state index contributed by atoms with van der Waals surface area (Å²) in [6, 6.07) is 4.87. The normalized spacial score (nSPS) is 11.5. The van der Waals surface area contributed by atoms with Crippen molar-refractivity contribution in [3.05, 3.63) is 29.6 Å². The van der Waals surface area contributed by atoms with E-state index in [1.165, 1.54) is 6.07 Å². The van der Waals surface area contributed by atoms with Crippen molar-refractivity contribution in [2.45, 2.75) is 33.1 Å². The molecular weight excluding hydrogens is 179 g/mol. The highest BCUT2D eigenvalue weighted by Crippen LogP contribution is 2.27. The highest BCUT2D eigenvalue weighted by Gasteiger charge is 2.15. The summed E-state index contributed by atoms with van der Waals surface area (Å²) in [6.45, 7) is 8.61. The lowest BCUT2D eigenvalue weighted by Gasteiger charge is -2.19. The van der Waals surface area contributed by atoms with Crippen LogP contribution in [0.25, 0.3) is 0 Å². The van der Waals surface area contributed by atoms with E-state index in [9.17, 15) is 4.39 Å².